The van der Waals surface area contributed by atoms with Crippen molar-refractivity contribution >= 4 is 18.3 Å². The highest BCUT2D eigenvalue weighted by Crippen LogP contribution is 2.21. The molecule has 128 valence electrons. The number of rotatable bonds is 4. The minimum atomic E-state index is 0. The standard InChI is InChI=1S/C17H24N2O3.ClH/c1-12-4-3-5-15(13(12)2)21-8-6-17(20)19-7-9-22-16-11-18-10-14(16)19;/h3-5,14,16,18H,6-11H2,1-2H3;1H/t14-,16+;/m1./s1. The second-order valence-electron chi connectivity index (χ2n) is 6.02. The number of fused-ring (bicyclic) bond motifs is 1. The molecule has 2 saturated heterocycles. The van der Waals surface area contributed by atoms with Crippen LogP contribution in [-0.4, -0.2) is 55.8 Å². The van der Waals surface area contributed by atoms with Crippen LogP contribution in [0.4, 0.5) is 0 Å². The zero-order valence-corrected chi connectivity index (χ0v) is 14.5. The lowest BCUT2D eigenvalue weighted by Crippen LogP contribution is -2.53. The molecule has 2 aliphatic rings. The molecule has 0 unspecified atom stereocenters. The molecule has 0 spiro atoms. The number of nitrogens with zero attached hydrogens (tertiary/aromatic N) is 1. The number of halogens is 1. The molecule has 2 aliphatic heterocycles. The van der Waals surface area contributed by atoms with E-state index < -0.39 is 0 Å². The molecule has 0 aromatic heterocycles. The quantitative estimate of drug-likeness (QED) is 0.906. The van der Waals surface area contributed by atoms with Crippen molar-refractivity contribution in [3.05, 3.63) is 29.3 Å². The van der Waals surface area contributed by atoms with Gasteiger partial charge >= 0.3 is 0 Å². The van der Waals surface area contributed by atoms with Crippen molar-refractivity contribution in [1.29, 1.82) is 0 Å². The summed E-state index contributed by atoms with van der Waals surface area (Å²) in [5.74, 6) is 1.03. The number of aryl methyl sites for hydroxylation is 1. The Balaban J connectivity index is 0.00000192. The van der Waals surface area contributed by atoms with E-state index in [1.807, 2.05) is 24.0 Å². The zero-order valence-electron chi connectivity index (χ0n) is 13.7. The summed E-state index contributed by atoms with van der Waals surface area (Å²) in [6.07, 6.45) is 0.564. The molecule has 0 saturated carbocycles. The lowest BCUT2D eigenvalue weighted by molar-refractivity contribution is -0.143. The molecule has 2 atom stereocenters. The Labute approximate surface area is 143 Å². The third-order valence-electron chi connectivity index (χ3n) is 4.64. The number of hydrogen-bond acceptors (Lipinski definition) is 4. The van der Waals surface area contributed by atoms with E-state index >= 15 is 0 Å². The normalized spacial score (nSPS) is 23.1. The molecular weight excluding hydrogens is 316 g/mol. The molecule has 0 aliphatic carbocycles. The van der Waals surface area contributed by atoms with Crippen molar-refractivity contribution in [2.24, 2.45) is 0 Å². The monoisotopic (exact) mass is 340 g/mol. The fourth-order valence-electron chi connectivity index (χ4n) is 3.17. The Bertz CT molecular complexity index is 553. The van der Waals surface area contributed by atoms with E-state index in [1.54, 1.807) is 0 Å². The van der Waals surface area contributed by atoms with Crippen molar-refractivity contribution in [2.75, 3.05) is 32.8 Å². The van der Waals surface area contributed by atoms with E-state index in [4.69, 9.17) is 9.47 Å². The third-order valence-corrected chi connectivity index (χ3v) is 4.64. The summed E-state index contributed by atoms with van der Waals surface area (Å²) in [6, 6.07) is 6.19. The van der Waals surface area contributed by atoms with Crippen LogP contribution in [-0.2, 0) is 9.53 Å². The van der Waals surface area contributed by atoms with Gasteiger partial charge in [-0.3, -0.25) is 4.79 Å². The van der Waals surface area contributed by atoms with Crippen LogP contribution < -0.4 is 10.1 Å². The number of nitrogens with one attached hydrogen (secondary N) is 1. The van der Waals surface area contributed by atoms with Crippen LogP contribution in [0.5, 0.6) is 5.75 Å². The second-order valence-corrected chi connectivity index (χ2v) is 6.02. The van der Waals surface area contributed by atoms with Crippen LogP contribution >= 0.6 is 12.4 Å². The molecule has 1 N–H and O–H groups in total. The Morgan fingerprint density at radius 3 is 3.04 bits per heavy atom. The minimum absolute atomic E-state index is 0. The molecule has 1 aromatic carbocycles. The predicted octanol–water partition coefficient (Wildman–Crippen LogP) is 1.69. The van der Waals surface area contributed by atoms with Crippen molar-refractivity contribution in [1.82, 2.24) is 10.2 Å². The molecule has 2 fully saturated rings. The first-order valence-corrected chi connectivity index (χ1v) is 7.97. The van der Waals surface area contributed by atoms with Gasteiger partial charge in [-0.05, 0) is 31.0 Å². The van der Waals surface area contributed by atoms with Crippen molar-refractivity contribution < 1.29 is 14.3 Å². The van der Waals surface area contributed by atoms with E-state index in [0.29, 0.717) is 26.2 Å². The number of carbonyl (C=O) groups excluding carboxylic acids is 1. The Kier molecular flexibility index (Phi) is 6.27. The van der Waals surface area contributed by atoms with Crippen LogP contribution in [0, 0.1) is 13.8 Å². The number of benzene rings is 1. The van der Waals surface area contributed by atoms with Gasteiger partial charge in [0.2, 0.25) is 5.91 Å². The van der Waals surface area contributed by atoms with E-state index in [1.165, 1.54) is 5.56 Å². The second kappa shape index (κ2) is 7.99. The van der Waals surface area contributed by atoms with Gasteiger partial charge in [0.25, 0.3) is 0 Å². The Morgan fingerprint density at radius 2 is 2.22 bits per heavy atom. The molecule has 6 heteroatoms. The van der Waals surface area contributed by atoms with Gasteiger partial charge in [-0.1, -0.05) is 12.1 Å². The summed E-state index contributed by atoms with van der Waals surface area (Å²) in [5.41, 5.74) is 2.35. The minimum Gasteiger partial charge on any atom is -0.493 e. The third kappa shape index (κ3) is 3.97. The lowest BCUT2D eigenvalue weighted by Gasteiger charge is -2.37. The van der Waals surface area contributed by atoms with Crippen LogP contribution in [0.1, 0.15) is 17.5 Å². The van der Waals surface area contributed by atoms with Gasteiger partial charge in [-0.25, -0.2) is 0 Å². The first-order valence-electron chi connectivity index (χ1n) is 7.97. The Morgan fingerprint density at radius 1 is 1.39 bits per heavy atom. The Hall–Kier alpha value is -1.30. The molecule has 1 amide bonds. The van der Waals surface area contributed by atoms with Gasteiger partial charge < -0.3 is 19.7 Å². The highest BCUT2D eigenvalue weighted by atomic mass is 35.5. The number of ether oxygens (including phenoxy) is 2. The summed E-state index contributed by atoms with van der Waals surface area (Å²) < 4.78 is 11.5. The van der Waals surface area contributed by atoms with E-state index in [-0.39, 0.29) is 30.5 Å². The van der Waals surface area contributed by atoms with Crippen LogP contribution in [0.15, 0.2) is 18.2 Å². The highest BCUT2D eigenvalue weighted by Gasteiger charge is 2.38. The number of morpholine rings is 1. The summed E-state index contributed by atoms with van der Waals surface area (Å²) in [7, 11) is 0. The first kappa shape index (κ1) is 18.0. The van der Waals surface area contributed by atoms with Crippen LogP contribution in [0.2, 0.25) is 0 Å². The van der Waals surface area contributed by atoms with Crippen LogP contribution in [0.3, 0.4) is 0 Å². The van der Waals surface area contributed by atoms with Gasteiger partial charge in [-0.15, -0.1) is 12.4 Å². The topological polar surface area (TPSA) is 50.8 Å². The van der Waals surface area contributed by atoms with E-state index in [2.05, 4.69) is 18.3 Å². The van der Waals surface area contributed by atoms with Crippen LogP contribution in [0.25, 0.3) is 0 Å². The SMILES string of the molecule is Cc1cccc(OCCC(=O)N2CCO[C@H]3CNC[C@H]32)c1C.Cl. The van der Waals surface area contributed by atoms with Gasteiger partial charge in [0, 0.05) is 19.6 Å². The van der Waals surface area contributed by atoms with Crippen molar-refractivity contribution in [2.45, 2.75) is 32.4 Å². The smallest absolute Gasteiger partial charge is 0.226 e. The molecule has 5 nitrogen and oxygen atoms in total. The fourth-order valence-corrected chi connectivity index (χ4v) is 3.17. The van der Waals surface area contributed by atoms with Crippen molar-refractivity contribution in [3.63, 3.8) is 0 Å². The van der Waals surface area contributed by atoms with Gasteiger partial charge in [0.05, 0.1) is 31.8 Å². The maximum absolute atomic E-state index is 12.4. The maximum Gasteiger partial charge on any atom is 0.226 e. The molecular formula is C17H25ClN2O3. The molecule has 0 radical (unpaired) electrons. The average Bonchev–Trinajstić information content (AvgIpc) is 2.99. The zero-order chi connectivity index (χ0) is 15.5. The molecule has 0 bridgehead atoms. The van der Waals surface area contributed by atoms with Crippen molar-refractivity contribution in [3.8, 4) is 5.75 Å². The summed E-state index contributed by atoms with van der Waals surface area (Å²) in [5, 5.41) is 3.29. The van der Waals surface area contributed by atoms with E-state index in [9.17, 15) is 4.79 Å². The molecule has 3 rings (SSSR count). The lowest BCUT2D eigenvalue weighted by atomic mass is 10.1. The molecule has 1 aromatic rings. The highest BCUT2D eigenvalue weighted by molar-refractivity contribution is 5.85. The van der Waals surface area contributed by atoms with E-state index in [0.717, 1.165) is 24.4 Å². The van der Waals surface area contributed by atoms with Gasteiger partial charge in [-0.2, -0.15) is 0 Å². The summed E-state index contributed by atoms with van der Waals surface area (Å²) in [4.78, 5) is 14.4. The first-order chi connectivity index (χ1) is 10.7. The largest absolute Gasteiger partial charge is 0.493 e. The van der Waals surface area contributed by atoms with Gasteiger partial charge in [0.1, 0.15) is 5.75 Å². The number of hydrogen-bond donors (Lipinski definition) is 1. The molecule has 2 heterocycles. The number of carbonyl (C=O) groups is 1. The maximum atomic E-state index is 12.4. The fraction of sp³-hybridized carbons (Fsp3) is 0.588. The van der Waals surface area contributed by atoms with Gasteiger partial charge in [0.15, 0.2) is 0 Å². The molecule has 23 heavy (non-hydrogen) atoms. The summed E-state index contributed by atoms with van der Waals surface area (Å²) >= 11 is 0. The number of amides is 1. The summed E-state index contributed by atoms with van der Waals surface area (Å²) in [6.45, 7) is 7.52. The average molecular weight is 341 g/mol. The predicted molar refractivity (Wildman–Crippen MR) is 91.4 cm³/mol.